The smallest absolute Gasteiger partial charge is 0.337 e. The summed E-state index contributed by atoms with van der Waals surface area (Å²) in [7, 11) is 1.31. The zero-order chi connectivity index (χ0) is 13.8. The van der Waals surface area contributed by atoms with Gasteiger partial charge in [-0.05, 0) is 42.5 Å². The van der Waals surface area contributed by atoms with Crippen LogP contribution in [-0.2, 0) is 4.74 Å². The topological polar surface area (TPSA) is 64.3 Å². The Hall–Kier alpha value is -2.56. The van der Waals surface area contributed by atoms with Crippen LogP contribution in [0.4, 0.5) is 21.5 Å². The second-order valence-electron chi connectivity index (χ2n) is 3.93. The SMILES string of the molecule is COC(=O)c1ccc(N)c(Nc2ccc(F)cc2)c1. The van der Waals surface area contributed by atoms with Crippen molar-refractivity contribution < 1.29 is 13.9 Å². The number of nitrogens with two attached hydrogens (primary N) is 1. The van der Waals surface area contributed by atoms with Crippen LogP contribution in [0.1, 0.15) is 10.4 Å². The molecule has 0 aromatic heterocycles. The summed E-state index contributed by atoms with van der Waals surface area (Å²) < 4.78 is 17.4. The number of nitrogen functional groups attached to an aromatic ring is 1. The van der Waals surface area contributed by atoms with Gasteiger partial charge in [0.2, 0.25) is 0 Å². The molecule has 98 valence electrons. The number of anilines is 3. The number of carbonyl (C=O) groups is 1. The Balaban J connectivity index is 2.28. The zero-order valence-electron chi connectivity index (χ0n) is 10.3. The van der Waals surface area contributed by atoms with Gasteiger partial charge in [-0.25, -0.2) is 9.18 Å². The van der Waals surface area contributed by atoms with E-state index in [-0.39, 0.29) is 5.82 Å². The lowest BCUT2D eigenvalue weighted by Gasteiger charge is -2.10. The molecule has 5 heteroatoms. The maximum absolute atomic E-state index is 12.8. The Bertz CT molecular complexity index is 597. The Kier molecular flexibility index (Phi) is 3.66. The van der Waals surface area contributed by atoms with Crippen LogP contribution in [0.5, 0.6) is 0 Å². The first-order valence-corrected chi connectivity index (χ1v) is 5.60. The molecule has 0 aliphatic rings. The predicted octanol–water partition coefficient (Wildman–Crippen LogP) is 2.94. The second-order valence-corrected chi connectivity index (χ2v) is 3.93. The number of hydrogen-bond donors (Lipinski definition) is 2. The van der Waals surface area contributed by atoms with Gasteiger partial charge in [0.25, 0.3) is 0 Å². The lowest BCUT2D eigenvalue weighted by Crippen LogP contribution is -2.04. The molecule has 19 heavy (non-hydrogen) atoms. The highest BCUT2D eigenvalue weighted by Crippen LogP contribution is 2.24. The molecular formula is C14H13FN2O2. The van der Waals surface area contributed by atoms with Gasteiger partial charge in [0, 0.05) is 5.69 Å². The number of methoxy groups -OCH3 is 1. The standard InChI is InChI=1S/C14H13FN2O2/c1-19-14(18)9-2-7-12(16)13(8-9)17-11-5-3-10(15)4-6-11/h2-8,17H,16H2,1H3. The number of esters is 1. The van der Waals surface area contributed by atoms with Crippen molar-refractivity contribution in [3.63, 3.8) is 0 Å². The van der Waals surface area contributed by atoms with Crippen molar-refractivity contribution >= 4 is 23.0 Å². The van der Waals surface area contributed by atoms with E-state index in [1.54, 1.807) is 30.3 Å². The third kappa shape index (κ3) is 3.01. The molecule has 0 atom stereocenters. The van der Waals surface area contributed by atoms with Gasteiger partial charge in [0.05, 0.1) is 24.0 Å². The van der Waals surface area contributed by atoms with Gasteiger partial charge in [-0.3, -0.25) is 0 Å². The van der Waals surface area contributed by atoms with Crippen molar-refractivity contribution in [1.29, 1.82) is 0 Å². The summed E-state index contributed by atoms with van der Waals surface area (Å²) in [6, 6.07) is 10.6. The minimum Gasteiger partial charge on any atom is -0.465 e. The summed E-state index contributed by atoms with van der Waals surface area (Å²) in [5, 5.41) is 3.02. The maximum Gasteiger partial charge on any atom is 0.337 e. The van der Waals surface area contributed by atoms with Crippen LogP contribution in [0.3, 0.4) is 0 Å². The molecule has 0 heterocycles. The minimum absolute atomic E-state index is 0.318. The molecule has 0 saturated carbocycles. The van der Waals surface area contributed by atoms with E-state index in [9.17, 15) is 9.18 Å². The van der Waals surface area contributed by atoms with Crippen molar-refractivity contribution in [2.45, 2.75) is 0 Å². The van der Waals surface area contributed by atoms with E-state index in [1.807, 2.05) is 0 Å². The monoisotopic (exact) mass is 260 g/mol. The van der Waals surface area contributed by atoms with E-state index in [2.05, 4.69) is 10.1 Å². The van der Waals surface area contributed by atoms with Crippen molar-refractivity contribution in [3.8, 4) is 0 Å². The molecule has 4 nitrogen and oxygen atoms in total. The Morgan fingerprint density at radius 2 is 1.89 bits per heavy atom. The second kappa shape index (κ2) is 5.39. The lowest BCUT2D eigenvalue weighted by atomic mass is 10.1. The lowest BCUT2D eigenvalue weighted by molar-refractivity contribution is 0.0601. The van der Waals surface area contributed by atoms with E-state index in [0.717, 1.165) is 0 Å². The minimum atomic E-state index is -0.442. The maximum atomic E-state index is 12.8. The van der Waals surface area contributed by atoms with Crippen molar-refractivity contribution in [3.05, 3.63) is 53.8 Å². The molecule has 0 fully saturated rings. The van der Waals surface area contributed by atoms with Crippen LogP contribution in [0.15, 0.2) is 42.5 Å². The highest BCUT2D eigenvalue weighted by atomic mass is 19.1. The Morgan fingerprint density at radius 1 is 1.21 bits per heavy atom. The highest BCUT2D eigenvalue weighted by molar-refractivity contribution is 5.92. The summed E-state index contributed by atoms with van der Waals surface area (Å²) in [6.07, 6.45) is 0. The Morgan fingerprint density at radius 3 is 2.53 bits per heavy atom. The summed E-state index contributed by atoms with van der Waals surface area (Å²) >= 11 is 0. The van der Waals surface area contributed by atoms with Gasteiger partial charge in [0.15, 0.2) is 0 Å². The number of benzene rings is 2. The Labute approximate surface area is 110 Å². The van der Waals surface area contributed by atoms with Gasteiger partial charge in [0.1, 0.15) is 5.82 Å². The van der Waals surface area contributed by atoms with Crippen molar-refractivity contribution in [2.75, 3.05) is 18.2 Å². The molecule has 0 spiro atoms. The van der Waals surface area contributed by atoms with E-state index in [0.29, 0.717) is 22.6 Å². The molecule has 0 amide bonds. The summed E-state index contributed by atoms with van der Waals surface area (Å²) in [4.78, 5) is 11.4. The summed E-state index contributed by atoms with van der Waals surface area (Å²) in [5.74, 6) is -0.760. The van der Waals surface area contributed by atoms with E-state index in [1.165, 1.54) is 19.2 Å². The quantitative estimate of drug-likeness (QED) is 0.658. The normalized spacial score (nSPS) is 10.0. The van der Waals surface area contributed by atoms with Crippen LogP contribution in [0.2, 0.25) is 0 Å². The summed E-state index contributed by atoms with van der Waals surface area (Å²) in [6.45, 7) is 0. The van der Waals surface area contributed by atoms with Crippen LogP contribution >= 0.6 is 0 Å². The van der Waals surface area contributed by atoms with Gasteiger partial charge >= 0.3 is 5.97 Å². The molecule has 0 radical (unpaired) electrons. The molecule has 0 bridgehead atoms. The number of carbonyl (C=O) groups excluding carboxylic acids is 1. The first-order chi connectivity index (χ1) is 9.10. The van der Waals surface area contributed by atoms with E-state index >= 15 is 0 Å². The van der Waals surface area contributed by atoms with E-state index < -0.39 is 5.97 Å². The fraction of sp³-hybridized carbons (Fsp3) is 0.0714. The largest absolute Gasteiger partial charge is 0.465 e. The number of ether oxygens (including phenoxy) is 1. The van der Waals surface area contributed by atoms with Crippen LogP contribution in [-0.4, -0.2) is 13.1 Å². The average Bonchev–Trinajstić information content (AvgIpc) is 2.43. The number of rotatable bonds is 3. The number of nitrogens with one attached hydrogen (secondary N) is 1. The molecule has 2 aromatic rings. The molecule has 2 rings (SSSR count). The molecule has 0 aliphatic heterocycles. The van der Waals surface area contributed by atoms with Crippen LogP contribution < -0.4 is 11.1 Å². The third-order valence-corrected chi connectivity index (χ3v) is 2.60. The first kappa shape index (κ1) is 12.9. The average molecular weight is 260 g/mol. The molecule has 3 N–H and O–H groups in total. The fourth-order valence-electron chi connectivity index (χ4n) is 1.60. The molecule has 0 aliphatic carbocycles. The fourth-order valence-corrected chi connectivity index (χ4v) is 1.60. The molecule has 2 aromatic carbocycles. The number of halogens is 1. The molecule has 0 unspecified atom stereocenters. The zero-order valence-corrected chi connectivity index (χ0v) is 10.3. The van der Waals surface area contributed by atoms with Gasteiger partial charge in [-0.15, -0.1) is 0 Å². The predicted molar refractivity (Wildman–Crippen MR) is 71.9 cm³/mol. The van der Waals surface area contributed by atoms with Crippen molar-refractivity contribution in [2.24, 2.45) is 0 Å². The van der Waals surface area contributed by atoms with Gasteiger partial charge < -0.3 is 15.8 Å². The third-order valence-electron chi connectivity index (χ3n) is 2.60. The van der Waals surface area contributed by atoms with Crippen molar-refractivity contribution in [1.82, 2.24) is 0 Å². The molecule has 0 saturated heterocycles. The van der Waals surface area contributed by atoms with Gasteiger partial charge in [-0.1, -0.05) is 0 Å². The number of hydrogen-bond acceptors (Lipinski definition) is 4. The first-order valence-electron chi connectivity index (χ1n) is 5.60. The highest BCUT2D eigenvalue weighted by Gasteiger charge is 2.08. The van der Waals surface area contributed by atoms with E-state index in [4.69, 9.17) is 5.73 Å². The molecular weight excluding hydrogens is 247 g/mol. The summed E-state index contributed by atoms with van der Waals surface area (Å²) in [5.41, 5.74) is 7.93. The van der Waals surface area contributed by atoms with Gasteiger partial charge in [-0.2, -0.15) is 0 Å². The van der Waals surface area contributed by atoms with Crippen LogP contribution in [0.25, 0.3) is 0 Å². The van der Waals surface area contributed by atoms with Crippen LogP contribution in [0, 0.1) is 5.82 Å².